The molecule has 3 aliphatic rings. The minimum Gasteiger partial charge on any atom is -0.294 e. The van der Waals surface area contributed by atoms with Crippen molar-refractivity contribution in [3.63, 3.8) is 0 Å². The Morgan fingerprint density at radius 1 is 1.00 bits per heavy atom. The van der Waals surface area contributed by atoms with Gasteiger partial charge in [0.05, 0.1) is 12.1 Å². The van der Waals surface area contributed by atoms with E-state index in [9.17, 15) is 0 Å². The molecule has 1 aromatic carbocycles. The van der Waals surface area contributed by atoms with Gasteiger partial charge in [0.15, 0.2) is 0 Å². The molecule has 1 aliphatic carbocycles. The largest absolute Gasteiger partial charge is 0.294 e. The van der Waals surface area contributed by atoms with Crippen LogP contribution in [0.3, 0.4) is 0 Å². The number of hydrogen-bond acceptors (Lipinski definition) is 2. The maximum Gasteiger partial charge on any atom is 0.0812 e. The van der Waals surface area contributed by atoms with Crippen molar-refractivity contribution in [2.45, 2.75) is 69.1 Å². The highest BCUT2D eigenvalue weighted by molar-refractivity contribution is 5.21. The molecule has 2 saturated heterocycles. The van der Waals surface area contributed by atoms with E-state index in [0.29, 0.717) is 17.7 Å². The Hall–Kier alpha value is -0.860. The first-order valence-corrected chi connectivity index (χ1v) is 7.88. The van der Waals surface area contributed by atoms with Gasteiger partial charge in [0, 0.05) is 5.54 Å². The van der Waals surface area contributed by atoms with E-state index in [2.05, 4.69) is 35.4 Å². The maximum atomic E-state index is 6.36. The Morgan fingerprint density at radius 2 is 1.84 bits per heavy atom. The van der Waals surface area contributed by atoms with Crippen LogP contribution in [0.4, 0.5) is 0 Å². The molecule has 2 nitrogen and oxygen atoms in total. The van der Waals surface area contributed by atoms with Gasteiger partial charge in [-0.25, -0.2) is 0 Å². The average Bonchev–Trinajstić information content (AvgIpc) is 2.69. The first-order valence-electron chi connectivity index (χ1n) is 7.88. The highest BCUT2D eigenvalue weighted by Crippen LogP contribution is 2.52. The van der Waals surface area contributed by atoms with E-state index in [1.165, 1.54) is 56.9 Å². The third-order valence-corrected chi connectivity index (χ3v) is 5.34. The minimum absolute atomic E-state index is 0.361. The Kier molecular flexibility index (Phi) is 2.89. The first kappa shape index (κ1) is 11.9. The van der Waals surface area contributed by atoms with Crippen LogP contribution in [-0.2, 0) is 4.84 Å². The zero-order valence-corrected chi connectivity index (χ0v) is 11.6. The van der Waals surface area contributed by atoms with Gasteiger partial charge in [0.25, 0.3) is 0 Å². The lowest BCUT2D eigenvalue weighted by Crippen LogP contribution is -2.48. The van der Waals surface area contributed by atoms with Crippen LogP contribution in [0.1, 0.15) is 63.0 Å². The lowest BCUT2D eigenvalue weighted by atomic mass is 9.79. The molecule has 1 saturated carbocycles. The summed E-state index contributed by atoms with van der Waals surface area (Å²) in [5, 5.41) is 2.43. The van der Waals surface area contributed by atoms with E-state index >= 15 is 0 Å². The molecule has 0 N–H and O–H groups in total. The predicted octanol–water partition coefficient (Wildman–Crippen LogP) is 4.23. The quantitative estimate of drug-likeness (QED) is 0.746. The van der Waals surface area contributed by atoms with Gasteiger partial charge in [-0.05, 0) is 44.1 Å². The van der Waals surface area contributed by atoms with Crippen molar-refractivity contribution in [1.82, 2.24) is 5.06 Å². The van der Waals surface area contributed by atoms with Crippen molar-refractivity contribution in [2.75, 3.05) is 0 Å². The molecule has 0 amide bonds. The normalized spacial score (nSPS) is 38.7. The Balaban J connectivity index is 1.68. The van der Waals surface area contributed by atoms with Gasteiger partial charge in [-0.2, -0.15) is 5.06 Å². The van der Waals surface area contributed by atoms with Crippen LogP contribution >= 0.6 is 0 Å². The second kappa shape index (κ2) is 4.60. The molecule has 0 aromatic heterocycles. The third-order valence-electron chi connectivity index (χ3n) is 5.34. The summed E-state index contributed by atoms with van der Waals surface area (Å²) in [6, 6.07) is 11.4. The van der Waals surface area contributed by atoms with Crippen molar-refractivity contribution in [2.24, 2.45) is 0 Å². The van der Waals surface area contributed by atoms with Gasteiger partial charge in [0.2, 0.25) is 0 Å². The molecular formula is C17H23NO. The van der Waals surface area contributed by atoms with Crippen LogP contribution in [0.2, 0.25) is 0 Å². The fourth-order valence-corrected chi connectivity index (χ4v) is 4.48. The Bertz CT molecular complexity index is 446. The highest BCUT2D eigenvalue weighted by Gasteiger charge is 2.52. The van der Waals surface area contributed by atoms with E-state index in [1.807, 2.05) is 0 Å². The fraction of sp³-hybridized carbons (Fsp3) is 0.647. The fourth-order valence-electron chi connectivity index (χ4n) is 4.48. The molecule has 102 valence electrons. The molecule has 1 spiro atoms. The summed E-state index contributed by atoms with van der Waals surface area (Å²) in [6.07, 6.45) is 11.1. The van der Waals surface area contributed by atoms with Gasteiger partial charge in [-0.1, -0.05) is 43.2 Å². The molecule has 2 heteroatoms. The number of benzene rings is 1. The Morgan fingerprint density at radius 3 is 2.74 bits per heavy atom. The average molecular weight is 257 g/mol. The second-order valence-electron chi connectivity index (χ2n) is 6.55. The van der Waals surface area contributed by atoms with Crippen molar-refractivity contribution in [1.29, 1.82) is 0 Å². The SMILES string of the molecule is c1ccc([C@H]2CCC[C@]34CCCC[C@H](C3)ON24)cc1. The van der Waals surface area contributed by atoms with E-state index in [4.69, 9.17) is 4.84 Å². The summed E-state index contributed by atoms with van der Waals surface area (Å²) < 4.78 is 0. The minimum atomic E-state index is 0.361. The molecule has 0 radical (unpaired) electrons. The van der Waals surface area contributed by atoms with Crippen molar-refractivity contribution < 1.29 is 4.84 Å². The van der Waals surface area contributed by atoms with Gasteiger partial charge < -0.3 is 0 Å². The van der Waals surface area contributed by atoms with Crippen LogP contribution < -0.4 is 0 Å². The van der Waals surface area contributed by atoms with Crippen LogP contribution in [-0.4, -0.2) is 16.7 Å². The summed E-state index contributed by atoms with van der Waals surface area (Å²) in [6.45, 7) is 0. The number of hydroxylamine groups is 2. The lowest BCUT2D eigenvalue weighted by molar-refractivity contribution is -0.237. The highest BCUT2D eigenvalue weighted by atomic mass is 16.7. The smallest absolute Gasteiger partial charge is 0.0812 e. The van der Waals surface area contributed by atoms with Crippen LogP contribution in [0.25, 0.3) is 0 Å². The molecule has 3 atom stereocenters. The van der Waals surface area contributed by atoms with Gasteiger partial charge >= 0.3 is 0 Å². The summed E-state index contributed by atoms with van der Waals surface area (Å²) in [5.41, 5.74) is 1.80. The maximum absolute atomic E-state index is 6.36. The summed E-state index contributed by atoms with van der Waals surface area (Å²) >= 11 is 0. The Labute approximate surface area is 115 Å². The summed E-state index contributed by atoms with van der Waals surface area (Å²) in [4.78, 5) is 6.36. The van der Waals surface area contributed by atoms with E-state index < -0.39 is 0 Å². The number of piperidine rings is 1. The predicted molar refractivity (Wildman–Crippen MR) is 75.6 cm³/mol. The molecule has 2 aliphatic heterocycles. The number of nitrogens with zero attached hydrogens (tertiary/aromatic N) is 1. The zero-order valence-electron chi connectivity index (χ0n) is 11.6. The van der Waals surface area contributed by atoms with Crippen LogP contribution in [0, 0.1) is 0 Å². The van der Waals surface area contributed by atoms with Gasteiger partial charge in [-0.3, -0.25) is 4.84 Å². The molecule has 2 bridgehead atoms. The molecule has 0 unspecified atom stereocenters. The molecule has 2 heterocycles. The molecule has 19 heavy (non-hydrogen) atoms. The first-order chi connectivity index (χ1) is 9.37. The zero-order chi connectivity index (χ0) is 12.7. The van der Waals surface area contributed by atoms with Crippen molar-refractivity contribution in [3.8, 4) is 0 Å². The standard InChI is InChI=1S/C17H23NO/c1-2-7-14(8-3-1)16-10-6-12-17-11-5-4-9-15(13-17)19-18(16)17/h1-3,7-8,15-16H,4-6,9-13H2/t15-,16-,17-/m1/s1. The molecular weight excluding hydrogens is 234 g/mol. The topological polar surface area (TPSA) is 12.5 Å². The van der Waals surface area contributed by atoms with Gasteiger partial charge in [0.1, 0.15) is 0 Å². The van der Waals surface area contributed by atoms with E-state index in [0.717, 1.165) is 0 Å². The van der Waals surface area contributed by atoms with E-state index in [1.54, 1.807) is 0 Å². The van der Waals surface area contributed by atoms with Crippen molar-refractivity contribution in [3.05, 3.63) is 35.9 Å². The van der Waals surface area contributed by atoms with Gasteiger partial charge in [-0.15, -0.1) is 0 Å². The number of fused-ring (bicyclic) bond motifs is 1. The molecule has 4 rings (SSSR count). The second-order valence-corrected chi connectivity index (χ2v) is 6.55. The third kappa shape index (κ3) is 1.93. The lowest BCUT2D eigenvalue weighted by Gasteiger charge is -2.45. The summed E-state index contributed by atoms with van der Waals surface area (Å²) in [7, 11) is 0. The van der Waals surface area contributed by atoms with Crippen molar-refractivity contribution >= 4 is 0 Å². The molecule has 3 fully saturated rings. The number of hydrogen-bond donors (Lipinski definition) is 0. The van der Waals surface area contributed by atoms with E-state index in [-0.39, 0.29) is 0 Å². The molecule has 1 aromatic rings. The van der Waals surface area contributed by atoms with Crippen LogP contribution in [0.15, 0.2) is 30.3 Å². The van der Waals surface area contributed by atoms with Crippen LogP contribution in [0.5, 0.6) is 0 Å². The summed E-state index contributed by atoms with van der Waals surface area (Å²) in [5.74, 6) is 0. The number of rotatable bonds is 1. The monoisotopic (exact) mass is 257 g/mol.